The maximum Gasteiger partial charge on any atom is 0.167 e. The van der Waals surface area contributed by atoms with Gasteiger partial charge >= 0.3 is 0 Å². The van der Waals surface area contributed by atoms with Gasteiger partial charge in [0.05, 0.1) is 11.3 Å². The van der Waals surface area contributed by atoms with Gasteiger partial charge in [0.15, 0.2) is 5.78 Å². The molecule has 4 rings (SSSR count). The number of allylic oxidation sites excluding steroid dienone is 2. The molecule has 2 aromatic carbocycles. The van der Waals surface area contributed by atoms with Crippen LogP contribution in [-0.4, -0.2) is 23.6 Å². The molecule has 3 aromatic rings. The fraction of sp³-hybridized carbons (Fsp3) is 0.217. The Kier molecular flexibility index (Phi) is 4.52. The second-order valence-corrected chi connectivity index (χ2v) is 8.33. The number of likely N-dealkylation sites (N-methyl/N-ethyl adjacent to an activating group) is 1. The van der Waals surface area contributed by atoms with Crippen molar-refractivity contribution in [2.24, 2.45) is 0 Å². The smallest absolute Gasteiger partial charge is 0.167 e. The molecule has 0 unspecified atom stereocenters. The second-order valence-electron chi connectivity index (χ2n) is 7.32. The van der Waals surface area contributed by atoms with Crippen molar-refractivity contribution < 1.29 is 4.79 Å². The van der Waals surface area contributed by atoms with Gasteiger partial charge in [0, 0.05) is 46.4 Å². The lowest BCUT2D eigenvalue weighted by Crippen LogP contribution is -2.24. The predicted octanol–water partition coefficient (Wildman–Crippen LogP) is 5.21. The van der Waals surface area contributed by atoms with E-state index in [4.69, 9.17) is 0 Å². The molecular weight excluding hydrogens is 352 g/mol. The van der Waals surface area contributed by atoms with Crippen LogP contribution in [0.2, 0.25) is 0 Å². The van der Waals surface area contributed by atoms with E-state index < -0.39 is 0 Å². The van der Waals surface area contributed by atoms with Gasteiger partial charge in [-0.3, -0.25) is 9.78 Å². The number of pyridine rings is 1. The molecule has 1 aromatic heterocycles. The molecule has 0 amide bonds. The number of anilines is 1. The first kappa shape index (κ1) is 17.8. The molecule has 0 saturated carbocycles. The number of hydrogen-bond donors (Lipinski definition) is 0. The zero-order valence-corrected chi connectivity index (χ0v) is 16.6. The second kappa shape index (κ2) is 6.86. The summed E-state index contributed by atoms with van der Waals surface area (Å²) in [7, 11) is 2.04. The molecule has 1 aliphatic rings. The molecule has 0 atom stereocenters. The number of ketones is 1. The highest BCUT2D eigenvalue weighted by atomic mass is 32.2. The van der Waals surface area contributed by atoms with Gasteiger partial charge in [0.2, 0.25) is 0 Å². The molecule has 0 aliphatic carbocycles. The van der Waals surface area contributed by atoms with Crippen LogP contribution in [0.3, 0.4) is 0 Å². The third-order valence-electron chi connectivity index (χ3n) is 5.20. The zero-order valence-electron chi connectivity index (χ0n) is 15.8. The van der Waals surface area contributed by atoms with E-state index in [-0.39, 0.29) is 11.2 Å². The standard InChI is InChI=1S/C23H22N2OS/c1-23(2)18-10-4-5-11-19(18)25(3)21(23)14-17(26)15-27-20-12-6-8-16-9-7-13-24-22(16)20/h4-14H,15H2,1-3H3. The Labute approximate surface area is 164 Å². The van der Waals surface area contributed by atoms with Crippen molar-refractivity contribution in [3.63, 3.8) is 0 Å². The van der Waals surface area contributed by atoms with Gasteiger partial charge in [-0.1, -0.05) is 50.2 Å². The third-order valence-corrected chi connectivity index (χ3v) is 6.27. The van der Waals surface area contributed by atoms with Crippen molar-refractivity contribution in [1.82, 2.24) is 4.98 Å². The summed E-state index contributed by atoms with van der Waals surface area (Å²) in [5.74, 6) is 0.523. The van der Waals surface area contributed by atoms with Gasteiger partial charge in [0.25, 0.3) is 0 Å². The van der Waals surface area contributed by atoms with Gasteiger partial charge in [0.1, 0.15) is 0 Å². The molecule has 0 spiro atoms. The molecule has 4 heteroatoms. The Hall–Kier alpha value is -2.59. The average Bonchev–Trinajstić information content (AvgIpc) is 2.87. The van der Waals surface area contributed by atoms with Crippen LogP contribution >= 0.6 is 11.8 Å². The van der Waals surface area contributed by atoms with Crippen LogP contribution < -0.4 is 4.90 Å². The van der Waals surface area contributed by atoms with E-state index in [1.165, 1.54) is 11.3 Å². The number of hydrogen-bond acceptors (Lipinski definition) is 4. The third kappa shape index (κ3) is 3.15. The van der Waals surface area contributed by atoms with Crippen LogP contribution in [0, 0.1) is 0 Å². The highest BCUT2D eigenvalue weighted by Crippen LogP contribution is 2.46. The van der Waals surface area contributed by atoms with Crippen molar-refractivity contribution in [2.45, 2.75) is 24.2 Å². The van der Waals surface area contributed by atoms with Crippen LogP contribution in [0.15, 0.2) is 77.5 Å². The van der Waals surface area contributed by atoms with Crippen LogP contribution in [0.25, 0.3) is 10.9 Å². The number of carbonyl (C=O) groups is 1. The lowest BCUT2D eigenvalue weighted by molar-refractivity contribution is -0.112. The molecule has 0 saturated heterocycles. The minimum Gasteiger partial charge on any atom is -0.347 e. The van der Waals surface area contributed by atoms with E-state index in [1.54, 1.807) is 18.0 Å². The molecule has 27 heavy (non-hydrogen) atoms. The quantitative estimate of drug-likeness (QED) is 0.464. The Morgan fingerprint density at radius 3 is 2.70 bits per heavy atom. The Bertz CT molecular complexity index is 1050. The number of benzene rings is 2. The van der Waals surface area contributed by atoms with E-state index in [0.717, 1.165) is 21.5 Å². The number of carbonyl (C=O) groups excluding carboxylic acids is 1. The average molecular weight is 375 g/mol. The first-order valence-corrected chi connectivity index (χ1v) is 10.0. The molecule has 0 N–H and O–H groups in total. The highest BCUT2D eigenvalue weighted by Gasteiger charge is 2.38. The predicted molar refractivity (Wildman–Crippen MR) is 113 cm³/mol. The number of para-hydroxylation sites is 2. The number of thioether (sulfide) groups is 1. The summed E-state index contributed by atoms with van der Waals surface area (Å²) in [5.41, 5.74) is 4.26. The monoisotopic (exact) mass is 374 g/mol. The summed E-state index contributed by atoms with van der Waals surface area (Å²) in [4.78, 5) is 20.4. The van der Waals surface area contributed by atoms with Gasteiger partial charge in [-0.15, -0.1) is 11.8 Å². The van der Waals surface area contributed by atoms with Crippen molar-refractivity contribution in [3.8, 4) is 0 Å². The van der Waals surface area contributed by atoms with Gasteiger partial charge in [-0.05, 0) is 23.8 Å². The van der Waals surface area contributed by atoms with E-state index in [2.05, 4.69) is 41.9 Å². The van der Waals surface area contributed by atoms with E-state index in [1.807, 2.05) is 49.5 Å². The maximum atomic E-state index is 12.7. The van der Waals surface area contributed by atoms with Gasteiger partial charge in [-0.25, -0.2) is 0 Å². The van der Waals surface area contributed by atoms with E-state index >= 15 is 0 Å². The summed E-state index contributed by atoms with van der Waals surface area (Å²) >= 11 is 1.55. The van der Waals surface area contributed by atoms with Crippen molar-refractivity contribution >= 4 is 34.1 Å². The normalized spacial score (nSPS) is 16.7. The van der Waals surface area contributed by atoms with Crippen LogP contribution in [0.5, 0.6) is 0 Å². The molecule has 0 fully saturated rings. The summed E-state index contributed by atoms with van der Waals surface area (Å²) in [5, 5.41) is 1.10. The highest BCUT2D eigenvalue weighted by molar-refractivity contribution is 8.00. The Morgan fingerprint density at radius 1 is 1.11 bits per heavy atom. The fourth-order valence-electron chi connectivity index (χ4n) is 3.79. The Balaban J connectivity index is 1.56. The van der Waals surface area contributed by atoms with E-state index in [0.29, 0.717) is 5.75 Å². The number of rotatable bonds is 4. The molecule has 1 aliphatic heterocycles. The minimum atomic E-state index is -0.174. The lowest BCUT2D eigenvalue weighted by atomic mass is 9.83. The van der Waals surface area contributed by atoms with E-state index in [9.17, 15) is 4.79 Å². The topological polar surface area (TPSA) is 33.2 Å². The number of aromatic nitrogens is 1. The van der Waals surface area contributed by atoms with Crippen LogP contribution in [-0.2, 0) is 10.2 Å². The van der Waals surface area contributed by atoms with Crippen LogP contribution in [0.1, 0.15) is 19.4 Å². The van der Waals surface area contributed by atoms with Crippen LogP contribution in [0.4, 0.5) is 5.69 Å². The van der Waals surface area contributed by atoms with Gasteiger partial charge < -0.3 is 4.90 Å². The molecule has 0 radical (unpaired) electrons. The SMILES string of the molecule is CN1C(=CC(=O)CSc2cccc3cccnc23)C(C)(C)c2ccccc21. The molecule has 2 heterocycles. The first-order valence-electron chi connectivity index (χ1n) is 9.03. The summed E-state index contributed by atoms with van der Waals surface area (Å²) < 4.78 is 0. The molecule has 0 bridgehead atoms. The van der Waals surface area contributed by atoms with Crippen molar-refractivity contribution in [3.05, 3.63) is 78.1 Å². The fourth-order valence-corrected chi connectivity index (χ4v) is 4.66. The summed E-state index contributed by atoms with van der Waals surface area (Å²) in [6.45, 7) is 4.35. The van der Waals surface area contributed by atoms with Gasteiger partial charge in [-0.2, -0.15) is 0 Å². The minimum absolute atomic E-state index is 0.121. The lowest BCUT2D eigenvalue weighted by Gasteiger charge is -2.23. The largest absolute Gasteiger partial charge is 0.347 e. The number of nitrogens with zero attached hydrogens (tertiary/aromatic N) is 2. The summed E-state index contributed by atoms with van der Waals surface area (Å²) in [6, 6.07) is 18.4. The molecular formula is C23H22N2OS. The Morgan fingerprint density at radius 2 is 1.89 bits per heavy atom. The molecule has 3 nitrogen and oxygen atoms in total. The molecule has 136 valence electrons. The zero-order chi connectivity index (χ0) is 19.0. The first-order chi connectivity index (χ1) is 13.0. The summed E-state index contributed by atoms with van der Waals surface area (Å²) in [6.07, 6.45) is 3.61. The van der Waals surface area contributed by atoms with Crippen molar-refractivity contribution in [2.75, 3.05) is 17.7 Å². The maximum absolute atomic E-state index is 12.7. The van der Waals surface area contributed by atoms with Crippen molar-refractivity contribution in [1.29, 1.82) is 0 Å². The number of fused-ring (bicyclic) bond motifs is 2.